The number of amides is 1. The molecule has 10 heteroatoms. The smallest absolute Gasteiger partial charge is 0.348 e. The number of carbonyl (C=O) groups excluding carboxylic acids is 2. The number of ether oxygens (including phenoxy) is 4. The van der Waals surface area contributed by atoms with Crippen molar-refractivity contribution in [2.24, 2.45) is 0 Å². The number of rotatable bonds is 9. The molecule has 2 aromatic heterocycles. The van der Waals surface area contributed by atoms with E-state index in [1.54, 1.807) is 18.2 Å². The van der Waals surface area contributed by atoms with Gasteiger partial charge in [-0.2, -0.15) is 5.10 Å². The lowest BCUT2D eigenvalue weighted by atomic mass is 10.2. The van der Waals surface area contributed by atoms with Crippen molar-refractivity contribution in [3.05, 3.63) is 64.7 Å². The van der Waals surface area contributed by atoms with E-state index in [2.05, 4.69) is 10.4 Å². The van der Waals surface area contributed by atoms with Crippen LogP contribution in [-0.4, -0.2) is 49.6 Å². The molecular weight excluding hydrogens is 470 g/mol. The first-order valence-corrected chi connectivity index (χ1v) is 11.5. The lowest BCUT2D eigenvalue weighted by molar-refractivity contribution is -0.119. The molecule has 0 fully saturated rings. The maximum Gasteiger partial charge on any atom is 0.348 e. The Kier molecular flexibility index (Phi) is 7.21. The Balaban J connectivity index is 1.43. The van der Waals surface area contributed by atoms with E-state index in [9.17, 15) is 9.59 Å². The van der Waals surface area contributed by atoms with Gasteiger partial charge in [0.2, 0.25) is 5.75 Å². The van der Waals surface area contributed by atoms with Crippen molar-refractivity contribution in [1.29, 1.82) is 0 Å². The predicted molar refractivity (Wildman–Crippen MR) is 133 cm³/mol. The topological polar surface area (TPSA) is 101 Å². The minimum Gasteiger partial charge on any atom is -0.493 e. The van der Waals surface area contributed by atoms with Crippen molar-refractivity contribution < 1.29 is 28.5 Å². The maximum absolute atomic E-state index is 12.7. The van der Waals surface area contributed by atoms with Gasteiger partial charge in [-0.05, 0) is 18.6 Å². The summed E-state index contributed by atoms with van der Waals surface area (Å²) in [4.78, 5) is 26.4. The van der Waals surface area contributed by atoms with Crippen LogP contribution in [0.5, 0.6) is 17.2 Å². The molecule has 0 radical (unpaired) electrons. The number of carbonyl (C=O) groups is 2. The van der Waals surface area contributed by atoms with E-state index in [1.807, 2.05) is 41.9 Å². The molecule has 0 aliphatic rings. The van der Waals surface area contributed by atoms with Crippen molar-refractivity contribution in [2.75, 3.05) is 33.3 Å². The van der Waals surface area contributed by atoms with Crippen LogP contribution in [0.2, 0.25) is 0 Å². The summed E-state index contributed by atoms with van der Waals surface area (Å²) in [6.07, 6.45) is 0. The molecule has 182 valence electrons. The van der Waals surface area contributed by atoms with Crippen LogP contribution >= 0.6 is 11.3 Å². The van der Waals surface area contributed by atoms with Crippen molar-refractivity contribution in [1.82, 2.24) is 9.78 Å². The van der Waals surface area contributed by atoms with Gasteiger partial charge in [0.15, 0.2) is 18.1 Å². The Bertz CT molecular complexity index is 1340. The Morgan fingerprint density at radius 2 is 1.69 bits per heavy atom. The third-order valence-electron chi connectivity index (χ3n) is 5.27. The van der Waals surface area contributed by atoms with Gasteiger partial charge in [-0.3, -0.25) is 9.48 Å². The standard InChI is InChI=1S/C25H25N3O6S/c1-15-18-12-21(35-24(18)28(27-15)13-16-8-6-5-7-9-16)25(30)34-14-22(29)26-17-10-19(31-2)23(33-4)20(11-17)32-3/h5-12H,13-14H2,1-4H3,(H,26,29). The number of hydrogen-bond donors (Lipinski definition) is 1. The van der Waals surface area contributed by atoms with Crippen molar-refractivity contribution in [2.45, 2.75) is 13.5 Å². The fourth-order valence-corrected chi connectivity index (χ4v) is 4.68. The number of nitrogens with one attached hydrogen (secondary N) is 1. The lowest BCUT2D eigenvalue weighted by Gasteiger charge is -2.14. The summed E-state index contributed by atoms with van der Waals surface area (Å²) < 4.78 is 23.0. The number of nitrogens with zero attached hydrogens (tertiary/aromatic N) is 2. The van der Waals surface area contributed by atoms with Gasteiger partial charge in [0.1, 0.15) is 9.71 Å². The third-order valence-corrected chi connectivity index (χ3v) is 6.40. The minimum atomic E-state index is -0.572. The fraction of sp³-hybridized carbons (Fsp3) is 0.240. The summed E-state index contributed by atoms with van der Waals surface area (Å²) in [5, 5.41) is 8.15. The Hall–Kier alpha value is -4.05. The number of benzene rings is 2. The first kappa shape index (κ1) is 24.1. The summed E-state index contributed by atoms with van der Waals surface area (Å²) in [6.45, 7) is 2.05. The van der Waals surface area contributed by atoms with E-state index in [1.165, 1.54) is 32.7 Å². The van der Waals surface area contributed by atoms with Crippen LogP contribution in [0, 0.1) is 6.92 Å². The van der Waals surface area contributed by atoms with Crippen LogP contribution in [0.4, 0.5) is 5.69 Å². The van der Waals surface area contributed by atoms with Gasteiger partial charge in [0, 0.05) is 23.2 Å². The molecule has 4 rings (SSSR count). The molecule has 4 aromatic rings. The van der Waals surface area contributed by atoms with E-state index in [-0.39, 0.29) is 0 Å². The highest BCUT2D eigenvalue weighted by Crippen LogP contribution is 2.40. The Morgan fingerprint density at radius 1 is 1.00 bits per heavy atom. The molecule has 35 heavy (non-hydrogen) atoms. The summed E-state index contributed by atoms with van der Waals surface area (Å²) in [7, 11) is 4.46. The number of anilines is 1. The first-order valence-electron chi connectivity index (χ1n) is 10.7. The van der Waals surface area contributed by atoms with Crippen molar-refractivity contribution in [3.63, 3.8) is 0 Å². The van der Waals surface area contributed by atoms with Gasteiger partial charge in [-0.15, -0.1) is 11.3 Å². The molecule has 0 aliphatic heterocycles. The van der Waals surface area contributed by atoms with Crippen LogP contribution in [0.15, 0.2) is 48.5 Å². The van der Waals surface area contributed by atoms with Crippen molar-refractivity contribution in [3.8, 4) is 17.2 Å². The highest BCUT2D eigenvalue weighted by molar-refractivity contribution is 7.20. The molecule has 0 saturated carbocycles. The zero-order chi connectivity index (χ0) is 24.9. The fourth-order valence-electron chi connectivity index (χ4n) is 3.63. The summed E-state index contributed by atoms with van der Waals surface area (Å²) in [5.74, 6) is 0.121. The van der Waals surface area contributed by atoms with Gasteiger partial charge in [-0.25, -0.2) is 4.79 Å². The zero-order valence-electron chi connectivity index (χ0n) is 19.8. The molecule has 0 saturated heterocycles. The van der Waals surface area contributed by atoms with Crippen LogP contribution in [0.3, 0.4) is 0 Å². The monoisotopic (exact) mass is 495 g/mol. The predicted octanol–water partition coefficient (Wildman–Crippen LogP) is 4.28. The zero-order valence-corrected chi connectivity index (χ0v) is 20.6. The molecule has 9 nitrogen and oxygen atoms in total. The largest absolute Gasteiger partial charge is 0.493 e. The lowest BCUT2D eigenvalue weighted by Crippen LogP contribution is -2.20. The third kappa shape index (κ3) is 5.22. The van der Waals surface area contributed by atoms with E-state index in [4.69, 9.17) is 18.9 Å². The Morgan fingerprint density at radius 3 is 2.31 bits per heavy atom. The SMILES string of the molecule is COc1cc(NC(=O)COC(=O)c2cc3c(C)nn(Cc4ccccc4)c3s2)cc(OC)c1OC. The molecule has 0 bridgehead atoms. The summed E-state index contributed by atoms with van der Waals surface area (Å²) >= 11 is 1.29. The molecule has 2 aromatic carbocycles. The number of esters is 1. The molecule has 0 aliphatic carbocycles. The van der Waals surface area contributed by atoms with Crippen LogP contribution in [0.25, 0.3) is 10.2 Å². The molecule has 0 unspecified atom stereocenters. The molecule has 1 N–H and O–H groups in total. The number of thiophene rings is 1. The molecule has 1 amide bonds. The Labute approximate surface area is 206 Å². The molecular formula is C25H25N3O6S. The van der Waals surface area contributed by atoms with E-state index in [0.717, 1.165) is 21.5 Å². The number of methoxy groups -OCH3 is 3. The van der Waals surface area contributed by atoms with E-state index >= 15 is 0 Å². The summed E-state index contributed by atoms with van der Waals surface area (Å²) in [6, 6.07) is 14.9. The second-order valence-electron chi connectivity index (χ2n) is 7.60. The molecule has 2 heterocycles. The maximum atomic E-state index is 12.7. The number of fused-ring (bicyclic) bond motifs is 1. The van der Waals surface area contributed by atoms with Crippen LogP contribution in [0.1, 0.15) is 20.9 Å². The first-order chi connectivity index (χ1) is 16.9. The second kappa shape index (κ2) is 10.5. The van der Waals surface area contributed by atoms with E-state index < -0.39 is 18.5 Å². The second-order valence-corrected chi connectivity index (χ2v) is 8.63. The quantitative estimate of drug-likeness (QED) is 0.346. The average Bonchev–Trinajstić information content (AvgIpc) is 3.43. The average molecular weight is 496 g/mol. The van der Waals surface area contributed by atoms with Crippen LogP contribution < -0.4 is 19.5 Å². The summed E-state index contributed by atoms with van der Waals surface area (Å²) in [5.41, 5.74) is 2.35. The molecule has 0 spiro atoms. The number of aryl methyl sites for hydroxylation is 1. The minimum absolute atomic E-state index is 0.393. The van der Waals surface area contributed by atoms with Gasteiger partial charge < -0.3 is 24.3 Å². The van der Waals surface area contributed by atoms with Gasteiger partial charge in [0.25, 0.3) is 5.91 Å². The number of aromatic nitrogens is 2. The molecule has 0 atom stereocenters. The highest BCUT2D eigenvalue weighted by Gasteiger charge is 2.19. The number of hydrogen-bond acceptors (Lipinski definition) is 8. The van der Waals surface area contributed by atoms with E-state index in [0.29, 0.717) is 34.4 Å². The highest BCUT2D eigenvalue weighted by atomic mass is 32.1. The normalized spacial score (nSPS) is 10.7. The van der Waals surface area contributed by atoms with Gasteiger partial charge in [-0.1, -0.05) is 30.3 Å². The van der Waals surface area contributed by atoms with Crippen molar-refractivity contribution >= 4 is 39.1 Å². The van der Waals surface area contributed by atoms with Crippen LogP contribution in [-0.2, 0) is 16.1 Å². The van der Waals surface area contributed by atoms with Gasteiger partial charge in [0.05, 0.1) is 33.6 Å². The van der Waals surface area contributed by atoms with Gasteiger partial charge >= 0.3 is 5.97 Å².